The van der Waals surface area contributed by atoms with Crippen LogP contribution in [0.3, 0.4) is 0 Å². The molecule has 1 aromatic heterocycles. The largest absolute Gasteiger partial charge is 0.496 e. The normalized spacial score (nSPS) is 13.9. The molecule has 0 radical (unpaired) electrons. The van der Waals surface area contributed by atoms with E-state index in [0.717, 1.165) is 47.7 Å². The van der Waals surface area contributed by atoms with Crippen LogP contribution in [0.1, 0.15) is 52.7 Å². The molecule has 0 unspecified atom stereocenters. The fourth-order valence-corrected chi connectivity index (χ4v) is 6.72. The first-order chi connectivity index (χ1) is 19.2. The summed E-state index contributed by atoms with van der Waals surface area (Å²) in [5.74, 6) is 0.414. The van der Waals surface area contributed by atoms with Crippen LogP contribution in [0.15, 0.2) is 71.8 Å². The molecular weight excluding hydrogens is 528 g/mol. The molecule has 1 N–H and O–H groups in total. The minimum absolute atomic E-state index is 0.00432. The molecule has 1 aliphatic rings. The average molecular weight is 561 g/mol. The summed E-state index contributed by atoms with van der Waals surface area (Å²) in [6.07, 6.45) is 5.97. The van der Waals surface area contributed by atoms with E-state index in [0.29, 0.717) is 23.4 Å². The summed E-state index contributed by atoms with van der Waals surface area (Å²) in [4.78, 5) is 25.5. The molecule has 1 fully saturated rings. The van der Waals surface area contributed by atoms with E-state index in [1.165, 1.54) is 25.3 Å². The molecule has 8 nitrogen and oxygen atoms in total. The van der Waals surface area contributed by atoms with Gasteiger partial charge in [-0.2, -0.15) is 0 Å². The van der Waals surface area contributed by atoms with Gasteiger partial charge < -0.3 is 14.0 Å². The van der Waals surface area contributed by atoms with Crippen LogP contribution in [0.2, 0.25) is 0 Å². The number of rotatable bonds is 7. The first-order valence-electron chi connectivity index (χ1n) is 13.2. The number of amides is 1. The Morgan fingerprint density at radius 3 is 2.48 bits per heavy atom. The number of carbonyl (C=O) groups is 2. The van der Waals surface area contributed by atoms with E-state index in [1.54, 1.807) is 31.2 Å². The van der Waals surface area contributed by atoms with Gasteiger partial charge in [0, 0.05) is 41.8 Å². The Morgan fingerprint density at radius 1 is 1.00 bits per heavy atom. The fourth-order valence-electron chi connectivity index (χ4n) is 5.33. The van der Waals surface area contributed by atoms with Gasteiger partial charge in [-0.15, -0.1) is 0 Å². The number of sulfone groups is 1. The molecule has 1 saturated carbocycles. The molecule has 9 heteroatoms. The summed E-state index contributed by atoms with van der Waals surface area (Å²) in [5, 5.41) is 2.82. The minimum Gasteiger partial charge on any atom is -0.496 e. The van der Waals surface area contributed by atoms with Gasteiger partial charge in [0.05, 0.1) is 12.0 Å². The Hall–Kier alpha value is -4.11. The number of nitrogens with one attached hydrogen (secondary N) is 1. The van der Waals surface area contributed by atoms with Gasteiger partial charge in [0.1, 0.15) is 11.9 Å². The summed E-state index contributed by atoms with van der Waals surface area (Å²) >= 11 is 0. The van der Waals surface area contributed by atoms with Crippen molar-refractivity contribution in [1.29, 1.82) is 0 Å². The lowest BCUT2D eigenvalue weighted by molar-refractivity contribution is 0.107. The Balaban J connectivity index is 1.40. The van der Waals surface area contributed by atoms with Gasteiger partial charge >= 0.3 is 6.09 Å². The summed E-state index contributed by atoms with van der Waals surface area (Å²) in [5.41, 5.74) is 3.94. The highest BCUT2D eigenvalue weighted by molar-refractivity contribution is 8.06. The Bertz CT molecular complexity index is 1700. The van der Waals surface area contributed by atoms with Crippen molar-refractivity contribution in [3.05, 3.63) is 89.1 Å². The molecule has 208 valence electrons. The van der Waals surface area contributed by atoms with Crippen molar-refractivity contribution in [2.45, 2.75) is 50.0 Å². The molecule has 3 aromatic carbocycles. The quantitative estimate of drug-likeness (QED) is 0.289. The molecule has 1 aliphatic carbocycles. The second-order valence-electron chi connectivity index (χ2n) is 10.2. The van der Waals surface area contributed by atoms with E-state index < -0.39 is 21.0 Å². The highest BCUT2D eigenvalue weighted by Crippen LogP contribution is 2.31. The zero-order chi connectivity index (χ0) is 28.4. The number of hydrogen-bond acceptors (Lipinski definition) is 6. The van der Waals surface area contributed by atoms with Crippen molar-refractivity contribution in [1.82, 2.24) is 4.57 Å². The zero-order valence-electron chi connectivity index (χ0n) is 22.8. The number of nitrogens with zero attached hydrogens (tertiary/aromatic N) is 1. The monoisotopic (exact) mass is 560 g/mol. The summed E-state index contributed by atoms with van der Waals surface area (Å²) in [6, 6.07) is 16.8. The number of aryl methyl sites for hydroxylation is 2. The van der Waals surface area contributed by atoms with Gasteiger partial charge in [0.15, 0.2) is 0 Å². The maximum Gasteiger partial charge on any atom is 0.411 e. The van der Waals surface area contributed by atoms with Crippen LogP contribution >= 0.6 is 0 Å². The van der Waals surface area contributed by atoms with Crippen molar-refractivity contribution in [3.63, 3.8) is 0 Å². The number of aromatic nitrogens is 1. The fraction of sp³-hybridized carbons (Fsp3) is 0.290. The van der Waals surface area contributed by atoms with Crippen LogP contribution in [-0.2, 0) is 28.0 Å². The lowest BCUT2D eigenvalue weighted by Gasteiger charge is -2.13. The summed E-state index contributed by atoms with van der Waals surface area (Å²) in [7, 11) is -0.773. The van der Waals surface area contributed by atoms with Crippen LogP contribution in [0.25, 0.3) is 10.9 Å². The van der Waals surface area contributed by atoms with Crippen molar-refractivity contribution >= 4 is 37.6 Å². The highest BCUT2D eigenvalue weighted by Gasteiger charge is 2.28. The van der Waals surface area contributed by atoms with Gasteiger partial charge in [0.2, 0.25) is 9.84 Å². The molecular formula is C31H32N2O6S. The molecule has 1 amide bonds. The average Bonchev–Trinajstić information content (AvgIpc) is 3.55. The predicted molar refractivity (Wildman–Crippen MR) is 154 cm³/mol. The van der Waals surface area contributed by atoms with E-state index in [-0.39, 0.29) is 16.6 Å². The summed E-state index contributed by atoms with van der Waals surface area (Å²) < 4.78 is 39.2. The van der Waals surface area contributed by atoms with Crippen molar-refractivity contribution < 1.29 is 27.5 Å². The first-order valence-corrected chi connectivity index (χ1v) is 14.7. The van der Waals surface area contributed by atoms with Gasteiger partial charge in [0.25, 0.3) is 5.12 Å². The molecule has 0 aliphatic heterocycles. The van der Waals surface area contributed by atoms with Gasteiger partial charge in [-0.1, -0.05) is 24.3 Å². The van der Waals surface area contributed by atoms with E-state index in [9.17, 15) is 18.0 Å². The van der Waals surface area contributed by atoms with Crippen molar-refractivity contribution in [2.75, 3.05) is 12.4 Å². The number of carbonyl (C=O) groups excluding carboxylic acids is 2. The maximum atomic E-state index is 13.1. The zero-order valence-corrected chi connectivity index (χ0v) is 23.6. The van der Waals surface area contributed by atoms with Crippen molar-refractivity contribution in [3.8, 4) is 5.75 Å². The maximum absolute atomic E-state index is 13.1. The first kappa shape index (κ1) is 27.5. The molecule has 5 rings (SSSR count). The summed E-state index contributed by atoms with van der Waals surface area (Å²) in [6.45, 7) is 1.66. The van der Waals surface area contributed by atoms with Crippen LogP contribution in [0, 0.1) is 6.92 Å². The number of benzene rings is 3. The van der Waals surface area contributed by atoms with Gasteiger partial charge in [-0.25, -0.2) is 13.2 Å². The lowest BCUT2D eigenvalue weighted by atomic mass is 10.0. The molecule has 1 heterocycles. The number of ether oxygens (including phenoxy) is 2. The van der Waals surface area contributed by atoms with E-state index in [4.69, 9.17) is 9.47 Å². The number of anilines is 1. The SMILES string of the molecule is COc1cc(C(=O)S(=O)(=O)c2ccccc2C)ccc1Cc1cn(C)c2ccc(NC(=O)OC3CCCC3)cc12. The van der Waals surface area contributed by atoms with Crippen LogP contribution in [0.5, 0.6) is 5.75 Å². The van der Waals surface area contributed by atoms with E-state index in [1.807, 2.05) is 36.0 Å². The third-order valence-electron chi connectivity index (χ3n) is 7.43. The second-order valence-corrected chi connectivity index (χ2v) is 12.0. The number of methoxy groups -OCH3 is 1. The van der Waals surface area contributed by atoms with Crippen LogP contribution < -0.4 is 10.1 Å². The molecule has 0 saturated heterocycles. The molecule has 0 bridgehead atoms. The van der Waals surface area contributed by atoms with Crippen molar-refractivity contribution in [2.24, 2.45) is 7.05 Å². The highest BCUT2D eigenvalue weighted by atomic mass is 32.2. The van der Waals surface area contributed by atoms with Gasteiger partial charge in [-0.05, 0) is 85.7 Å². The number of hydrogen-bond donors (Lipinski definition) is 1. The third kappa shape index (κ3) is 5.47. The standard InChI is InChI=1S/C31H32N2O6S/c1-20-8-4-7-11-29(20)40(36,37)30(34)22-13-12-21(28(17-22)38-3)16-23-19-33(2)27-15-14-24(18-26(23)27)32-31(35)39-25-9-5-6-10-25/h4,7-8,11-15,17-19,25H,5-6,9-10,16H2,1-3H3,(H,32,35). The van der Waals surface area contributed by atoms with Crippen LogP contribution in [0.4, 0.5) is 10.5 Å². The lowest BCUT2D eigenvalue weighted by Crippen LogP contribution is -2.20. The number of fused-ring (bicyclic) bond motifs is 1. The molecule has 4 aromatic rings. The molecule has 0 atom stereocenters. The molecule has 0 spiro atoms. The Morgan fingerprint density at radius 2 is 1.75 bits per heavy atom. The predicted octanol–water partition coefficient (Wildman–Crippen LogP) is 6.19. The van der Waals surface area contributed by atoms with Crippen LogP contribution in [-0.4, -0.2) is 37.4 Å². The Labute approximate surface area is 233 Å². The van der Waals surface area contributed by atoms with Gasteiger partial charge in [-0.3, -0.25) is 10.1 Å². The van der Waals surface area contributed by atoms with E-state index in [2.05, 4.69) is 5.32 Å². The third-order valence-corrected chi connectivity index (χ3v) is 9.19. The molecule has 40 heavy (non-hydrogen) atoms. The smallest absolute Gasteiger partial charge is 0.411 e. The second kappa shape index (κ2) is 11.2. The topological polar surface area (TPSA) is 104 Å². The Kier molecular flexibility index (Phi) is 7.67. The van der Waals surface area contributed by atoms with E-state index >= 15 is 0 Å². The minimum atomic E-state index is -4.21.